The fourth-order valence-electron chi connectivity index (χ4n) is 2.94. The van der Waals surface area contributed by atoms with E-state index in [4.69, 9.17) is 14.3 Å². The molecule has 3 aromatic rings. The van der Waals surface area contributed by atoms with Crippen molar-refractivity contribution in [2.24, 2.45) is 0 Å². The first kappa shape index (κ1) is 24.9. The molecule has 1 aromatic heterocycles. The molecule has 0 fully saturated rings. The molecule has 0 bridgehead atoms. The van der Waals surface area contributed by atoms with E-state index in [2.05, 4.69) is 15.5 Å². The number of nitrogens with zero attached hydrogens (tertiary/aromatic N) is 2. The normalized spacial score (nSPS) is 13.1. The van der Waals surface area contributed by atoms with Gasteiger partial charge in [0.1, 0.15) is 11.3 Å². The lowest BCUT2D eigenvalue weighted by atomic mass is 10.1. The van der Waals surface area contributed by atoms with E-state index in [1.807, 2.05) is 0 Å². The molecule has 180 valence electrons. The SMILES string of the molecule is COc1ccc(Oc2nnc(C(F)(F)F)c(C)c2C(=O)Nc2cccc(S(C)(=N)=O)c2)cc1F. The number of carbonyl (C=O) groups excluding carboxylic acids is 1. The standard InChI is InChI=1S/C21H18F4N4O4S/c1-11-17(19(30)27-12-5-4-6-14(9-12)34(3,26)31)20(29-28-18(11)21(23,24)25)33-13-7-8-16(32-2)15(22)10-13/h4-10,26H,1-3H3,(H,27,30). The Morgan fingerprint density at radius 2 is 1.85 bits per heavy atom. The number of halogens is 4. The van der Waals surface area contributed by atoms with Crippen LogP contribution in [0, 0.1) is 17.5 Å². The molecule has 13 heteroatoms. The molecule has 0 radical (unpaired) electrons. The zero-order valence-electron chi connectivity index (χ0n) is 18.0. The zero-order valence-corrected chi connectivity index (χ0v) is 18.8. The molecule has 1 unspecified atom stereocenters. The number of carbonyl (C=O) groups is 1. The Bertz CT molecular complexity index is 1360. The van der Waals surface area contributed by atoms with Crippen LogP contribution in [0.5, 0.6) is 17.4 Å². The van der Waals surface area contributed by atoms with E-state index in [1.165, 1.54) is 49.8 Å². The van der Waals surface area contributed by atoms with Gasteiger partial charge in [0.15, 0.2) is 17.3 Å². The van der Waals surface area contributed by atoms with Crippen molar-refractivity contribution in [3.05, 3.63) is 65.1 Å². The Morgan fingerprint density at radius 1 is 1.15 bits per heavy atom. The third-order valence-corrected chi connectivity index (χ3v) is 5.71. The number of hydrogen-bond donors (Lipinski definition) is 2. The summed E-state index contributed by atoms with van der Waals surface area (Å²) in [6.07, 6.45) is -3.73. The molecule has 34 heavy (non-hydrogen) atoms. The van der Waals surface area contributed by atoms with Gasteiger partial charge in [-0.1, -0.05) is 6.07 Å². The largest absolute Gasteiger partial charge is 0.494 e. The topological polar surface area (TPSA) is 114 Å². The smallest absolute Gasteiger partial charge is 0.435 e. The molecule has 1 atom stereocenters. The Kier molecular flexibility index (Phi) is 6.77. The highest BCUT2D eigenvalue weighted by Gasteiger charge is 2.38. The number of ether oxygens (including phenoxy) is 2. The summed E-state index contributed by atoms with van der Waals surface area (Å²) in [5.74, 6) is -2.70. The third kappa shape index (κ3) is 5.42. The number of amides is 1. The van der Waals surface area contributed by atoms with Gasteiger partial charge in [0.05, 0.1) is 16.8 Å². The van der Waals surface area contributed by atoms with Gasteiger partial charge in [0, 0.05) is 22.9 Å². The van der Waals surface area contributed by atoms with Crippen LogP contribution in [0.2, 0.25) is 0 Å². The van der Waals surface area contributed by atoms with E-state index in [0.29, 0.717) is 0 Å². The summed E-state index contributed by atoms with van der Waals surface area (Å²) in [5, 5.41) is 8.94. The second kappa shape index (κ2) is 9.25. The molecule has 8 nitrogen and oxygen atoms in total. The molecule has 0 aliphatic heterocycles. The minimum atomic E-state index is -4.91. The molecule has 0 saturated carbocycles. The van der Waals surface area contributed by atoms with Crippen LogP contribution in [0.15, 0.2) is 47.4 Å². The number of anilines is 1. The molecule has 2 N–H and O–H groups in total. The average Bonchev–Trinajstić information content (AvgIpc) is 2.72. The molecule has 1 amide bonds. The van der Waals surface area contributed by atoms with Crippen molar-refractivity contribution in [3.63, 3.8) is 0 Å². The molecule has 3 rings (SSSR count). The van der Waals surface area contributed by atoms with Gasteiger partial charge >= 0.3 is 6.18 Å². The van der Waals surface area contributed by atoms with Gasteiger partial charge in [-0.15, -0.1) is 10.2 Å². The fourth-order valence-corrected chi connectivity index (χ4v) is 3.63. The second-order valence-corrected chi connectivity index (χ2v) is 9.23. The van der Waals surface area contributed by atoms with Crippen molar-refractivity contribution in [3.8, 4) is 17.4 Å². The monoisotopic (exact) mass is 498 g/mol. The molecule has 2 aromatic carbocycles. The minimum absolute atomic E-state index is 0.0792. The summed E-state index contributed by atoms with van der Waals surface area (Å²) in [4.78, 5) is 13.1. The van der Waals surface area contributed by atoms with Crippen LogP contribution in [-0.2, 0) is 15.9 Å². The van der Waals surface area contributed by atoms with E-state index in [0.717, 1.165) is 13.0 Å². The third-order valence-electron chi connectivity index (χ3n) is 4.56. The Labute approximate surface area is 191 Å². The zero-order chi connectivity index (χ0) is 25.3. The number of alkyl halides is 3. The predicted octanol–water partition coefficient (Wildman–Crippen LogP) is 5.03. The van der Waals surface area contributed by atoms with E-state index >= 15 is 0 Å². The van der Waals surface area contributed by atoms with Gasteiger partial charge in [0.25, 0.3) is 11.8 Å². The first-order chi connectivity index (χ1) is 15.8. The summed E-state index contributed by atoms with van der Waals surface area (Å²) in [6.45, 7) is 1.02. The van der Waals surface area contributed by atoms with Crippen molar-refractivity contribution in [1.29, 1.82) is 4.78 Å². The summed E-state index contributed by atoms with van der Waals surface area (Å²) in [5.41, 5.74) is -2.48. The van der Waals surface area contributed by atoms with Gasteiger partial charge in [-0.25, -0.2) is 13.4 Å². The maximum Gasteiger partial charge on any atom is 0.435 e. The quantitative estimate of drug-likeness (QED) is 0.461. The number of aromatic nitrogens is 2. The minimum Gasteiger partial charge on any atom is -0.494 e. The van der Waals surface area contributed by atoms with Gasteiger partial charge in [-0.3, -0.25) is 4.79 Å². The lowest BCUT2D eigenvalue weighted by Crippen LogP contribution is -2.21. The van der Waals surface area contributed by atoms with E-state index in [9.17, 15) is 26.6 Å². The number of methoxy groups -OCH3 is 1. The highest BCUT2D eigenvalue weighted by atomic mass is 32.2. The molecule has 1 heterocycles. The van der Waals surface area contributed by atoms with Crippen molar-refractivity contribution < 1.29 is 36.0 Å². The summed E-state index contributed by atoms with van der Waals surface area (Å²) in [6, 6.07) is 8.92. The lowest BCUT2D eigenvalue weighted by molar-refractivity contribution is -0.142. The number of nitrogens with one attached hydrogen (secondary N) is 2. The predicted molar refractivity (Wildman–Crippen MR) is 114 cm³/mol. The molecular weight excluding hydrogens is 480 g/mol. The van der Waals surface area contributed by atoms with Crippen LogP contribution in [0.3, 0.4) is 0 Å². The lowest BCUT2D eigenvalue weighted by Gasteiger charge is -2.16. The van der Waals surface area contributed by atoms with Gasteiger partial charge in [0.2, 0.25) is 0 Å². The maximum absolute atomic E-state index is 14.0. The summed E-state index contributed by atoms with van der Waals surface area (Å²) in [7, 11) is -1.86. The summed E-state index contributed by atoms with van der Waals surface area (Å²) >= 11 is 0. The number of rotatable bonds is 6. The first-order valence-corrected chi connectivity index (χ1v) is 11.4. The molecule has 0 saturated heterocycles. The van der Waals surface area contributed by atoms with Crippen molar-refractivity contribution in [2.45, 2.75) is 18.0 Å². The van der Waals surface area contributed by atoms with Gasteiger partial charge in [-0.05, 0) is 42.8 Å². The van der Waals surface area contributed by atoms with Crippen LogP contribution in [0.25, 0.3) is 0 Å². The summed E-state index contributed by atoms with van der Waals surface area (Å²) < 4.78 is 84.1. The van der Waals surface area contributed by atoms with Crippen molar-refractivity contribution >= 4 is 21.3 Å². The number of hydrogen-bond acceptors (Lipinski definition) is 7. The Balaban J connectivity index is 2.06. The van der Waals surface area contributed by atoms with Gasteiger partial charge < -0.3 is 14.8 Å². The van der Waals surface area contributed by atoms with E-state index < -0.39 is 50.3 Å². The van der Waals surface area contributed by atoms with Crippen LogP contribution < -0.4 is 14.8 Å². The number of benzene rings is 2. The van der Waals surface area contributed by atoms with Crippen molar-refractivity contribution in [2.75, 3.05) is 18.7 Å². The molecule has 0 spiro atoms. The van der Waals surface area contributed by atoms with Crippen LogP contribution in [-0.4, -0.2) is 33.7 Å². The van der Waals surface area contributed by atoms with Crippen LogP contribution in [0.1, 0.15) is 21.6 Å². The maximum atomic E-state index is 14.0. The second-order valence-electron chi connectivity index (χ2n) is 7.08. The van der Waals surface area contributed by atoms with Crippen LogP contribution >= 0.6 is 0 Å². The average molecular weight is 498 g/mol. The van der Waals surface area contributed by atoms with E-state index in [1.54, 1.807) is 0 Å². The van der Waals surface area contributed by atoms with E-state index in [-0.39, 0.29) is 22.1 Å². The fraction of sp³-hybridized carbons (Fsp3) is 0.190. The Hall–Kier alpha value is -3.74. The molecule has 0 aliphatic carbocycles. The molecule has 0 aliphatic rings. The van der Waals surface area contributed by atoms with Crippen LogP contribution in [0.4, 0.5) is 23.2 Å². The first-order valence-electron chi connectivity index (χ1n) is 9.42. The Morgan fingerprint density at radius 3 is 2.44 bits per heavy atom. The van der Waals surface area contributed by atoms with Gasteiger partial charge in [-0.2, -0.15) is 13.2 Å². The highest BCUT2D eigenvalue weighted by Crippen LogP contribution is 2.35. The highest BCUT2D eigenvalue weighted by molar-refractivity contribution is 7.91. The van der Waals surface area contributed by atoms with Crippen molar-refractivity contribution in [1.82, 2.24) is 10.2 Å². The molecular formula is C21H18F4N4O4S.